The molecule has 0 aromatic heterocycles. The number of Topliss-reactive ketones (excluding diaryl/α,β-unsaturated/α-hetero) is 1. The highest BCUT2D eigenvalue weighted by atomic mass is 35.5. The van der Waals surface area contributed by atoms with Crippen LogP contribution in [0.5, 0.6) is 0 Å². The van der Waals surface area contributed by atoms with E-state index in [9.17, 15) is 22.4 Å². The minimum atomic E-state index is -3.82. The number of rotatable bonds is 6. The fourth-order valence-electron chi connectivity index (χ4n) is 1.92. The van der Waals surface area contributed by atoms with E-state index in [1.54, 1.807) is 0 Å². The highest BCUT2D eigenvalue weighted by molar-refractivity contribution is 7.89. The van der Waals surface area contributed by atoms with Gasteiger partial charge in [0.1, 0.15) is 11.6 Å². The van der Waals surface area contributed by atoms with Crippen LogP contribution in [-0.2, 0) is 19.6 Å². The van der Waals surface area contributed by atoms with Crippen LogP contribution in [0.1, 0.15) is 12.8 Å². The summed E-state index contributed by atoms with van der Waals surface area (Å²) in [5.41, 5.74) is 0. The Balaban J connectivity index is 1.81. The first kappa shape index (κ1) is 16.9. The van der Waals surface area contributed by atoms with Crippen LogP contribution in [0, 0.1) is 11.7 Å². The second-order valence-electron chi connectivity index (χ2n) is 4.91. The molecule has 0 radical (unpaired) electrons. The maximum Gasteiger partial charge on any atom is 0.240 e. The summed E-state index contributed by atoms with van der Waals surface area (Å²) in [4.78, 5) is 22.2. The molecule has 120 valence electrons. The van der Waals surface area contributed by atoms with Gasteiger partial charge in [-0.2, -0.15) is 0 Å². The second-order valence-corrected chi connectivity index (χ2v) is 7.08. The van der Waals surface area contributed by atoms with Crippen LogP contribution in [0.4, 0.5) is 4.39 Å². The van der Waals surface area contributed by atoms with Gasteiger partial charge >= 0.3 is 0 Å². The number of ketones is 1. The molecule has 2 rings (SSSR count). The molecule has 1 aliphatic carbocycles. The Hall–Kier alpha value is -1.51. The van der Waals surface area contributed by atoms with Crippen LogP contribution >= 0.6 is 11.6 Å². The summed E-state index contributed by atoms with van der Waals surface area (Å²) in [7, 11) is -3.82. The van der Waals surface area contributed by atoms with Crippen molar-refractivity contribution in [1.29, 1.82) is 0 Å². The fourth-order valence-corrected chi connectivity index (χ4v) is 3.22. The zero-order valence-corrected chi connectivity index (χ0v) is 13.0. The van der Waals surface area contributed by atoms with Gasteiger partial charge in [-0.3, -0.25) is 9.59 Å². The zero-order chi connectivity index (χ0) is 16.3. The SMILES string of the molecule is O=C1CC(C(=O)NCCNS(=O)(=O)c2ccc(F)c(Cl)c2)C1. The summed E-state index contributed by atoms with van der Waals surface area (Å²) in [5, 5.41) is 2.26. The van der Waals surface area contributed by atoms with Crippen molar-refractivity contribution in [1.82, 2.24) is 10.0 Å². The monoisotopic (exact) mass is 348 g/mol. The summed E-state index contributed by atoms with van der Waals surface area (Å²) in [6.07, 6.45) is 0.483. The lowest BCUT2D eigenvalue weighted by Crippen LogP contribution is -2.42. The van der Waals surface area contributed by atoms with E-state index >= 15 is 0 Å². The van der Waals surface area contributed by atoms with E-state index in [0.717, 1.165) is 18.2 Å². The molecular formula is C13H14ClFN2O4S. The van der Waals surface area contributed by atoms with Gasteiger partial charge in [0.05, 0.1) is 15.8 Å². The molecule has 1 fully saturated rings. The summed E-state index contributed by atoms with van der Waals surface area (Å²) in [6, 6.07) is 3.08. The number of halogens is 2. The third-order valence-electron chi connectivity index (χ3n) is 3.24. The molecule has 1 saturated carbocycles. The van der Waals surface area contributed by atoms with Gasteiger partial charge in [0.25, 0.3) is 0 Å². The van der Waals surface area contributed by atoms with Crippen LogP contribution in [-0.4, -0.2) is 33.2 Å². The molecule has 6 nitrogen and oxygen atoms in total. The van der Waals surface area contributed by atoms with E-state index in [0.29, 0.717) is 0 Å². The molecule has 0 unspecified atom stereocenters. The molecule has 1 amide bonds. The van der Waals surface area contributed by atoms with Crippen LogP contribution < -0.4 is 10.0 Å². The lowest BCUT2D eigenvalue weighted by molar-refractivity contribution is -0.137. The first-order valence-corrected chi connectivity index (χ1v) is 8.40. The molecule has 0 aliphatic heterocycles. The van der Waals surface area contributed by atoms with Crippen molar-refractivity contribution >= 4 is 33.3 Å². The smallest absolute Gasteiger partial charge is 0.240 e. The van der Waals surface area contributed by atoms with E-state index in [2.05, 4.69) is 10.0 Å². The van der Waals surface area contributed by atoms with E-state index in [1.165, 1.54) is 0 Å². The largest absolute Gasteiger partial charge is 0.355 e. The Morgan fingerprint density at radius 3 is 2.59 bits per heavy atom. The number of nitrogens with one attached hydrogen (secondary N) is 2. The van der Waals surface area contributed by atoms with Gasteiger partial charge in [0, 0.05) is 25.9 Å². The van der Waals surface area contributed by atoms with Crippen molar-refractivity contribution in [2.75, 3.05) is 13.1 Å². The third-order valence-corrected chi connectivity index (χ3v) is 4.98. The van der Waals surface area contributed by atoms with Gasteiger partial charge in [-0.1, -0.05) is 11.6 Å². The molecule has 0 spiro atoms. The van der Waals surface area contributed by atoms with Crippen molar-refractivity contribution in [2.24, 2.45) is 5.92 Å². The molecule has 22 heavy (non-hydrogen) atoms. The molecule has 1 aromatic carbocycles. The average molecular weight is 349 g/mol. The highest BCUT2D eigenvalue weighted by Gasteiger charge is 2.32. The number of benzene rings is 1. The van der Waals surface area contributed by atoms with Crippen molar-refractivity contribution < 1.29 is 22.4 Å². The van der Waals surface area contributed by atoms with Crippen molar-refractivity contribution in [3.8, 4) is 0 Å². The maximum absolute atomic E-state index is 13.0. The van der Waals surface area contributed by atoms with Gasteiger partial charge in [-0.15, -0.1) is 0 Å². The third kappa shape index (κ3) is 4.02. The predicted molar refractivity (Wildman–Crippen MR) is 77.3 cm³/mol. The van der Waals surface area contributed by atoms with Crippen LogP contribution in [0.15, 0.2) is 23.1 Å². The molecule has 1 aliphatic rings. The van der Waals surface area contributed by atoms with Gasteiger partial charge < -0.3 is 5.32 Å². The van der Waals surface area contributed by atoms with Crippen LogP contribution in [0.2, 0.25) is 5.02 Å². The molecule has 1 aromatic rings. The normalized spacial score (nSPS) is 15.5. The van der Waals surface area contributed by atoms with E-state index in [1.807, 2.05) is 0 Å². The molecule has 0 heterocycles. The summed E-state index contributed by atoms with van der Waals surface area (Å²) >= 11 is 5.54. The fraction of sp³-hybridized carbons (Fsp3) is 0.385. The zero-order valence-electron chi connectivity index (χ0n) is 11.4. The van der Waals surface area contributed by atoms with Crippen LogP contribution in [0.25, 0.3) is 0 Å². The quantitative estimate of drug-likeness (QED) is 0.745. The number of carbonyl (C=O) groups is 2. The molecule has 0 saturated heterocycles. The number of hydrogen-bond donors (Lipinski definition) is 2. The van der Waals surface area contributed by atoms with E-state index in [-0.39, 0.29) is 53.5 Å². The molecule has 0 bridgehead atoms. The number of amides is 1. The first-order chi connectivity index (χ1) is 10.3. The summed E-state index contributed by atoms with van der Waals surface area (Å²) < 4.78 is 39.1. The number of carbonyl (C=O) groups excluding carboxylic acids is 2. The van der Waals surface area contributed by atoms with Crippen molar-refractivity contribution in [3.63, 3.8) is 0 Å². The van der Waals surface area contributed by atoms with E-state index < -0.39 is 15.8 Å². The summed E-state index contributed by atoms with van der Waals surface area (Å²) in [5.74, 6) is -1.22. The van der Waals surface area contributed by atoms with Gasteiger partial charge in [0.15, 0.2) is 0 Å². The molecule has 9 heteroatoms. The van der Waals surface area contributed by atoms with Gasteiger partial charge in [-0.05, 0) is 18.2 Å². The Bertz CT molecular complexity index is 700. The Labute approximate surface area is 132 Å². The maximum atomic E-state index is 13.0. The minimum Gasteiger partial charge on any atom is -0.355 e. The lowest BCUT2D eigenvalue weighted by Gasteiger charge is -2.22. The second kappa shape index (κ2) is 6.72. The Morgan fingerprint density at radius 1 is 1.32 bits per heavy atom. The standard InChI is InChI=1S/C13H14ClFN2O4S/c14-11-7-10(1-2-12(11)15)22(20,21)17-4-3-16-13(19)8-5-9(18)6-8/h1-2,7-8,17H,3-6H2,(H,16,19). The average Bonchev–Trinajstić information content (AvgIpc) is 2.42. The number of sulfonamides is 1. The minimum absolute atomic E-state index is 0.0241. The number of hydrogen-bond acceptors (Lipinski definition) is 4. The predicted octanol–water partition coefficient (Wildman–Crippen LogP) is 0.853. The van der Waals surface area contributed by atoms with Gasteiger partial charge in [0.2, 0.25) is 15.9 Å². The van der Waals surface area contributed by atoms with E-state index in [4.69, 9.17) is 11.6 Å². The highest BCUT2D eigenvalue weighted by Crippen LogP contribution is 2.22. The van der Waals surface area contributed by atoms with Gasteiger partial charge in [-0.25, -0.2) is 17.5 Å². The van der Waals surface area contributed by atoms with Crippen molar-refractivity contribution in [2.45, 2.75) is 17.7 Å². The van der Waals surface area contributed by atoms with Crippen molar-refractivity contribution in [3.05, 3.63) is 29.0 Å². The first-order valence-electron chi connectivity index (χ1n) is 6.54. The van der Waals surface area contributed by atoms with Crippen LogP contribution in [0.3, 0.4) is 0 Å². The molecule has 2 N–H and O–H groups in total. The molecule has 0 atom stereocenters. The Kier molecular flexibility index (Phi) is 5.15. The topological polar surface area (TPSA) is 92.3 Å². The summed E-state index contributed by atoms with van der Waals surface area (Å²) in [6.45, 7) is 0.0708. The molecular weight excluding hydrogens is 335 g/mol. The Morgan fingerprint density at radius 2 is 2.00 bits per heavy atom. The lowest BCUT2D eigenvalue weighted by atomic mass is 9.83.